The molecule has 1 atom stereocenters. The minimum atomic E-state index is -0.286. The number of phenols is 2. The molecule has 0 bridgehead atoms. The molecule has 0 spiro atoms. The van der Waals surface area contributed by atoms with E-state index in [-0.39, 0.29) is 23.2 Å². The molecule has 10 heteroatoms. The summed E-state index contributed by atoms with van der Waals surface area (Å²) in [6, 6.07) is 79.8. The summed E-state index contributed by atoms with van der Waals surface area (Å²) in [4.78, 5) is 15.8. The fourth-order valence-corrected chi connectivity index (χ4v) is 11.7. The van der Waals surface area contributed by atoms with E-state index in [2.05, 4.69) is 219 Å². The Morgan fingerprint density at radius 1 is 0.412 bits per heavy atom. The highest BCUT2D eigenvalue weighted by Crippen LogP contribution is 2.33. The van der Waals surface area contributed by atoms with Gasteiger partial charge in [0, 0.05) is 133 Å². The SMILES string of the molecule is CN(Cc1ccc(C(CN(Cc2ccccc2)Cc2ccc(N(C)Cc3cc(O)c(CN(Cc4ccncc4)Cc4ccc(F)cc4)cc3O)cc2)c2ccccc2)cc1)c1ccc(CN(Cc2ccccc2)Cc2ccc3c(c2)CCO3)cc1. The molecule has 430 valence electrons. The Bertz CT molecular complexity index is 3690. The quantitative estimate of drug-likeness (QED) is 0.0516. The number of rotatable bonds is 26. The van der Waals surface area contributed by atoms with Gasteiger partial charge in [-0.3, -0.25) is 19.7 Å². The van der Waals surface area contributed by atoms with Gasteiger partial charge in [-0.2, -0.15) is 0 Å². The molecule has 2 N–H and O–H groups in total. The average molecular weight is 1130 g/mol. The van der Waals surface area contributed by atoms with Crippen molar-refractivity contribution < 1.29 is 19.3 Å². The van der Waals surface area contributed by atoms with Gasteiger partial charge >= 0.3 is 0 Å². The van der Waals surface area contributed by atoms with Crippen molar-refractivity contribution in [3.8, 4) is 17.2 Å². The van der Waals surface area contributed by atoms with E-state index in [1.165, 1.54) is 67.9 Å². The number of pyridine rings is 1. The Hall–Kier alpha value is -9.06. The molecular formula is C75H75FN6O3. The second-order valence-electron chi connectivity index (χ2n) is 22.8. The van der Waals surface area contributed by atoms with Gasteiger partial charge in [0.2, 0.25) is 0 Å². The molecule has 1 aliphatic heterocycles. The van der Waals surface area contributed by atoms with Gasteiger partial charge < -0.3 is 24.7 Å². The Morgan fingerprint density at radius 2 is 0.824 bits per heavy atom. The van der Waals surface area contributed by atoms with E-state index in [1.54, 1.807) is 36.7 Å². The first-order valence-electron chi connectivity index (χ1n) is 29.5. The first-order chi connectivity index (χ1) is 41.6. The third kappa shape index (κ3) is 16.0. The number of halogens is 1. The van der Waals surface area contributed by atoms with Gasteiger partial charge in [-0.05, 0) is 128 Å². The zero-order chi connectivity index (χ0) is 58.3. The minimum absolute atomic E-state index is 0.111. The van der Waals surface area contributed by atoms with Crippen LogP contribution in [-0.4, -0.2) is 57.1 Å². The molecule has 85 heavy (non-hydrogen) atoms. The second-order valence-corrected chi connectivity index (χ2v) is 22.8. The van der Waals surface area contributed by atoms with E-state index in [4.69, 9.17) is 4.74 Å². The van der Waals surface area contributed by atoms with Gasteiger partial charge in [-0.25, -0.2) is 4.39 Å². The van der Waals surface area contributed by atoms with Crippen molar-refractivity contribution in [1.29, 1.82) is 0 Å². The molecule has 0 aliphatic carbocycles. The summed E-state index contributed by atoms with van der Waals surface area (Å²) < 4.78 is 19.6. The lowest BCUT2D eigenvalue weighted by Crippen LogP contribution is -2.28. The predicted molar refractivity (Wildman–Crippen MR) is 341 cm³/mol. The smallest absolute Gasteiger partial charge is 0.123 e. The monoisotopic (exact) mass is 1130 g/mol. The van der Waals surface area contributed by atoms with Gasteiger partial charge in [0.15, 0.2) is 0 Å². The Morgan fingerprint density at radius 3 is 1.39 bits per heavy atom. The third-order valence-electron chi connectivity index (χ3n) is 16.2. The van der Waals surface area contributed by atoms with Crippen molar-refractivity contribution in [2.75, 3.05) is 37.0 Å². The number of hydrogen-bond acceptors (Lipinski definition) is 9. The molecule has 0 radical (unpaired) electrons. The lowest BCUT2D eigenvalue weighted by atomic mass is 9.90. The summed E-state index contributed by atoms with van der Waals surface area (Å²) in [5.41, 5.74) is 16.9. The van der Waals surface area contributed by atoms with E-state index in [0.717, 1.165) is 81.4 Å². The molecule has 0 amide bonds. The number of benzene rings is 9. The van der Waals surface area contributed by atoms with Crippen LogP contribution in [0.1, 0.15) is 78.2 Å². The van der Waals surface area contributed by atoms with Crippen LogP contribution in [0.3, 0.4) is 0 Å². The summed E-state index contributed by atoms with van der Waals surface area (Å²) in [7, 11) is 4.18. The van der Waals surface area contributed by atoms with Crippen LogP contribution in [0.2, 0.25) is 0 Å². The number of anilines is 2. The Labute approximate surface area is 501 Å². The number of nitrogens with zero attached hydrogens (tertiary/aromatic N) is 6. The summed E-state index contributed by atoms with van der Waals surface area (Å²) in [6.07, 6.45) is 4.49. The van der Waals surface area contributed by atoms with Crippen molar-refractivity contribution in [3.63, 3.8) is 0 Å². The number of ether oxygens (including phenoxy) is 1. The molecule has 11 rings (SSSR count). The molecule has 1 unspecified atom stereocenters. The third-order valence-corrected chi connectivity index (χ3v) is 16.2. The first-order valence-corrected chi connectivity index (χ1v) is 29.5. The van der Waals surface area contributed by atoms with Crippen LogP contribution in [0, 0.1) is 5.82 Å². The van der Waals surface area contributed by atoms with E-state index in [0.29, 0.717) is 37.3 Å². The van der Waals surface area contributed by atoms with Crippen LogP contribution in [0.15, 0.2) is 243 Å². The zero-order valence-corrected chi connectivity index (χ0v) is 48.7. The van der Waals surface area contributed by atoms with E-state index < -0.39 is 0 Å². The van der Waals surface area contributed by atoms with Crippen molar-refractivity contribution in [1.82, 2.24) is 19.7 Å². The molecule has 9 aromatic carbocycles. The van der Waals surface area contributed by atoms with Crippen molar-refractivity contribution in [2.24, 2.45) is 0 Å². The summed E-state index contributed by atoms with van der Waals surface area (Å²) in [5, 5.41) is 22.8. The number of aromatic nitrogens is 1. The van der Waals surface area contributed by atoms with Crippen molar-refractivity contribution >= 4 is 11.4 Å². The summed E-state index contributed by atoms with van der Waals surface area (Å²) in [6.45, 7) is 8.34. The molecule has 10 aromatic rings. The lowest BCUT2D eigenvalue weighted by molar-refractivity contribution is 0.243. The Balaban J connectivity index is 0.741. The van der Waals surface area contributed by atoms with Crippen LogP contribution in [-0.2, 0) is 71.9 Å². The van der Waals surface area contributed by atoms with Gasteiger partial charge in [0.05, 0.1) is 6.61 Å². The largest absolute Gasteiger partial charge is 0.508 e. The van der Waals surface area contributed by atoms with Crippen LogP contribution in [0.4, 0.5) is 15.8 Å². The fourth-order valence-electron chi connectivity index (χ4n) is 11.7. The first kappa shape index (κ1) is 57.7. The predicted octanol–water partition coefficient (Wildman–Crippen LogP) is 15.1. The minimum Gasteiger partial charge on any atom is -0.508 e. The molecule has 0 saturated heterocycles. The number of hydrogen-bond donors (Lipinski definition) is 2. The van der Waals surface area contributed by atoms with E-state index in [1.807, 2.05) is 19.2 Å². The average Bonchev–Trinajstić information content (AvgIpc) is 4.10. The topological polar surface area (TPSA) is 78.8 Å². The molecule has 2 heterocycles. The van der Waals surface area contributed by atoms with Gasteiger partial charge in [0.1, 0.15) is 23.1 Å². The van der Waals surface area contributed by atoms with Gasteiger partial charge in [0.25, 0.3) is 0 Å². The van der Waals surface area contributed by atoms with Gasteiger partial charge in [-0.15, -0.1) is 0 Å². The zero-order valence-electron chi connectivity index (χ0n) is 48.7. The van der Waals surface area contributed by atoms with Crippen LogP contribution in [0.25, 0.3) is 0 Å². The standard InChI is InChI=1S/C75H75FN6O3/c1-78(70-31-22-60(23-32-70)48-80(46-56-12-6-3-7-13-56)52-63-26-35-75-66(42-63)38-41-85-75)45-58-18-27-65(28-19-58)72(64-16-10-5-11-17-64)55-82(47-57-14-8-4-9-15-57)50-61-24-33-71(34-25-61)79(2)53-67-43-74(84)68(44-73(67)83)54-81(51-62-36-39-77-40-37-62)49-59-20-29-69(76)30-21-59/h3-37,39-40,42-44,72,83-84H,38,41,45-55H2,1-2H3. The fraction of sp³-hybridized carbons (Fsp3) is 0.213. The number of aromatic hydroxyl groups is 2. The molecule has 9 nitrogen and oxygen atoms in total. The molecule has 0 saturated carbocycles. The maximum atomic E-state index is 13.8. The van der Waals surface area contributed by atoms with E-state index >= 15 is 0 Å². The maximum Gasteiger partial charge on any atom is 0.123 e. The maximum absolute atomic E-state index is 13.8. The second kappa shape index (κ2) is 28.0. The van der Waals surface area contributed by atoms with Gasteiger partial charge in [-0.1, -0.05) is 164 Å². The summed E-state index contributed by atoms with van der Waals surface area (Å²) in [5.74, 6) is 1.09. The number of phenolic OH excluding ortho intramolecular Hbond substituents is 2. The number of fused-ring (bicyclic) bond motifs is 1. The highest BCUT2D eigenvalue weighted by molar-refractivity contribution is 5.52. The molecule has 0 fully saturated rings. The van der Waals surface area contributed by atoms with Crippen LogP contribution >= 0.6 is 0 Å². The van der Waals surface area contributed by atoms with Crippen molar-refractivity contribution in [3.05, 3.63) is 321 Å². The highest BCUT2D eigenvalue weighted by Gasteiger charge is 2.22. The van der Waals surface area contributed by atoms with Crippen molar-refractivity contribution in [2.45, 2.75) is 77.8 Å². The molecular weight excluding hydrogens is 1050 g/mol. The summed E-state index contributed by atoms with van der Waals surface area (Å²) >= 11 is 0. The van der Waals surface area contributed by atoms with Crippen LogP contribution < -0.4 is 14.5 Å². The highest BCUT2D eigenvalue weighted by atomic mass is 19.1. The normalized spacial score (nSPS) is 12.4. The van der Waals surface area contributed by atoms with E-state index in [9.17, 15) is 14.6 Å². The molecule has 1 aromatic heterocycles. The lowest BCUT2D eigenvalue weighted by Gasteiger charge is -2.29. The van der Waals surface area contributed by atoms with Crippen LogP contribution in [0.5, 0.6) is 17.2 Å². The Kier molecular flexibility index (Phi) is 19.0. The molecule has 1 aliphatic rings.